The van der Waals surface area contributed by atoms with Crippen molar-refractivity contribution in [1.29, 1.82) is 0 Å². The average molecular weight is 253 g/mol. The Morgan fingerprint density at radius 2 is 1.79 bits per heavy atom. The number of aryl methyl sites for hydroxylation is 1. The van der Waals surface area contributed by atoms with Crippen molar-refractivity contribution in [3.63, 3.8) is 0 Å². The summed E-state index contributed by atoms with van der Waals surface area (Å²) in [6, 6.07) is 15.0. The largest absolute Gasteiger partial charge is 0.497 e. The maximum Gasteiger partial charge on any atom is 0.119 e. The minimum Gasteiger partial charge on any atom is -0.497 e. The number of aromatic nitrogens is 1. The van der Waals surface area contributed by atoms with Crippen LogP contribution in [0.4, 0.5) is 0 Å². The fourth-order valence-electron chi connectivity index (χ4n) is 2.72. The van der Waals surface area contributed by atoms with Gasteiger partial charge in [0.05, 0.1) is 7.11 Å². The molecule has 0 amide bonds. The summed E-state index contributed by atoms with van der Waals surface area (Å²) in [4.78, 5) is 0. The molecule has 1 aromatic heterocycles. The Labute approximate surface area is 113 Å². The van der Waals surface area contributed by atoms with Gasteiger partial charge in [0.2, 0.25) is 0 Å². The fourth-order valence-corrected chi connectivity index (χ4v) is 2.72. The summed E-state index contributed by atoms with van der Waals surface area (Å²) >= 11 is 0. The van der Waals surface area contributed by atoms with Crippen molar-refractivity contribution >= 4 is 21.8 Å². The highest BCUT2D eigenvalue weighted by Gasteiger charge is 2.10. The van der Waals surface area contributed by atoms with Crippen LogP contribution in [0, 0.1) is 0 Å². The molecule has 2 heteroatoms. The number of benzene rings is 2. The Bertz CT molecular complexity index is 712. The van der Waals surface area contributed by atoms with Crippen LogP contribution in [0.3, 0.4) is 0 Å². The summed E-state index contributed by atoms with van der Waals surface area (Å²) < 4.78 is 7.78. The van der Waals surface area contributed by atoms with E-state index in [1.54, 1.807) is 7.11 Å². The predicted molar refractivity (Wildman–Crippen MR) is 80.9 cm³/mol. The predicted octanol–water partition coefficient (Wildman–Crippen LogP) is 4.60. The molecule has 0 radical (unpaired) electrons. The number of para-hydroxylation sites is 1. The van der Waals surface area contributed by atoms with E-state index in [4.69, 9.17) is 4.74 Å². The molecule has 1 heterocycles. The number of rotatable bonds is 4. The molecule has 0 atom stereocenters. The van der Waals surface area contributed by atoms with Crippen LogP contribution in [0.15, 0.2) is 42.5 Å². The van der Waals surface area contributed by atoms with Crippen molar-refractivity contribution in [2.24, 2.45) is 0 Å². The zero-order valence-corrected chi connectivity index (χ0v) is 11.5. The highest BCUT2D eigenvalue weighted by atomic mass is 16.5. The molecule has 19 heavy (non-hydrogen) atoms. The van der Waals surface area contributed by atoms with Crippen LogP contribution in [0.1, 0.15) is 19.8 Å². The summed E-state index contributed by atoms with van der Waals surface area (Å²) in [6.07, 6.45) is 2.42. The maximum absolute atomic E-state index is 5.35. The number of unbranched alkanes of at least 4 members (excludes halogenated alkanes) is 1. The SMILES string of the molecule is CCCCn1c2ccccc2c2cc(OC)ccc21. The second kappa shape index (κ2) is 4.96. The number of nitrogens with zero attached hydrogens (tertiary/aromatic N) is 1. The third kappa shape index (κ3) is 1.97. The summed E-state index contributed by atoms with van der Waals surface area (Å²) in [7, 11) is 1.72. The number of hydrogen-bond acceptors (Lipinski definition) is 1. The molecule has 0 saturated carbocycles. The molecule has 0 spiro atoms. The van der Waals surface area contributed by atoms with Gasteiger partial charge in [-0.15, -0.1) is 0 Å². The van der Waals surface area contributed by atoms with Crippen LogP contribution in [0.5, 0.6) is 5.75 Å². The van der Waals surface area contributed by atoms with E-state index in [9.17, 15) is 0 Å². The summed E-state index contributed by atoms with van der Waals surface area (Å²) in [5.74, 6) is 0.922. The van der Waals surface area contributed by atoms with Crippen LogP contribution in [-0.2, 0) is 6.54 Å². The van der Waals surface area contributed by atoms with E-state index in [1.165, 1.54) is 34.6 Å². The van der Waals surface area contributed by atoms with Gasteiger partial charge in [-0.2, -0.15) is 0 Å². The molecule has 3 rings (SSSR count). The first kappa shape index (κ1) is 12.1. The van der Waals surface area contributed by atoms with Crippen LogP contribution in [0.2, 0.25) is 0 Å². The molecular formula is C17H19NO. The lowest BCUT2D eigenvalue weighted by Crippen LogP contribution is -1.96. The normalized spacial score (nSPS) is 11.3. The molecule has 98 valence electrons. The van der Waals surface area contributed by atoms with Crippen molar-refractivity contribution in [2.75, 3.05) is 7.11 Å². The first-order chi connectivity index (χ1) is 9.35. The zero-order valence-electron chi connectivity index (χ0n) is 11.5. The average Bonchev–Trinajstić information content (AvgIpc) is 2.78. The Kier molecular flexibility index (Phi) is 3.16. The lowest BCUT2D eigenvalue weighted by Gasteiger charge is -2.06. The Morgan fingerprint density at radius 3 is 2.58 bits per heavy atom. The molecule has 0 N–H and O–H groups in total. The lowest BCUT2D eigenvalue weighted by atomic mass is 10.1. The highest BCUT2D eigenvalue weighted by Crippen LogP contribution is 2.31. The number of ether oxygens (including phenoxy) is 1. The molecule has 0 bridgehead atoms. The smallest absolute Gasteiger partial charge is 0.119 e. The first-order valence-electron chi connectivity index (χ1n) is 6.90. The molecule has 3 aromatic rings. The van der Waals surface area contributed by atoms with Gasteiger partial charge >= 0.3 is 0 Å². The van der Waals surface area contributed by atoms with Gasteiger partial charge in [0, 0.05) is 28.4 Å². The third-order valence-corrected chi connectivity index (χ3v) is 3.71. The minimum atomic E-state index is 0.922. The van der Waals surface area contributed by atoms with E-state index in [0.717, 1.165) is 12.3 Å². The molecule has 0 aliphatic heterocycles. The molecule has 0 fully saturated rings. The molecule has 2 aromatic carbocycles. The molecule has 0 saturated heterocycles. The quantitative estimate of drug-likeness (QED) is 0.662. The fraction of sp³-hybridized carbons (Fsp3) is 0.294. The van der Waals surface area contributed by atoms with E-state index in [1.807, 2.05) is 6.07 Å². The van der Waals surface area contributed by atoms with Gasteiger partial charge in [-0.3, -0.25) is 0 Å². The topological polar surface area (TPSA) is 14.2 Å². The van der Waals surface area contributed by atoms with Crippen molar-refractivity contribution < 1.29 is 4.74 Å². The minimum absolute atomic E-state index is 0.922. The number of methoxy groups -OCH3 is 1. The van der Waals surface area contributed by atoms with Gasteiger partial charge in [-0.05, 0) is 30.7 Å². The zero-order chi connectivity index (χ0) is 13.2. The summed E-state index contributed by atoms with van der Waals surface area (Å²) in [5, 5.41) is 2.60. The standard InChI is InChI=1S/C17H19NO/c1-3-4-11-18-16-8-6-5-7-14(16)15-12-13(19-2)9-10-17(15)18/h5-10,12H,3-4,11H2,1-2H3. The molecule has 0 aliphatic rings. The van der Waals surface area contributed by atoms with E-state index >= 15 is 0 Å². The van der Waals surface area contributed by atoms with Crippen LogP contribution in [-0.4, -0.2) is 11.7 Å². The van der Waals surface area contributed by atoms with Gasteiger partial charge in [0.1, 0.15) is 5.75 Å². The van der Waals surface area contributed by atoms with E-state index in [-0.39, 0.29) is 0 Å². The summed E-state index contributed by atoms with van der Waals surface area (Å²) in [5.41, 5.74) is 2.62. The molecule has 0 aliphatic carbocycles. The van der Waals surface area contributed by atoms with Crippen molar-refractivity contribution in [3.05, 3.63) is 42.5 Å². The number of fused-ring (bicyclic) bond motifs is 3. The Morgan fingerprint density at radius 1 is 1.00 bits per heavy atom. The molecular weight excluding hydrogens is 234 g/mol. The van der Waals surface area contributed by atoms with E-state index in [2.05, 4.69) is 47.9 Å². The van der Waals surface area contributed by atoms with E-state index < -0.39 is 0 Å². The second-order valence-electron chi connectivity index (χ2n) is 4.91. The van der Waals surface area contributed by atoms with Gasteiger partial charge in [0.15, 0.2) is 0 Å². The van der Waals surface area contributed by atoms with E-state index in [0.29, 0.717) is 0 Å². The number of hydrogen-bond donors (Lipinski definition) is 0. The highest BCUT2D eigenvalue weighted by molar-refractivity contribution is 6.08. The molecule has 0 unspecified atom stereocenters. The van der Waals surface area contributed by atoms with Crippen molar-refractivity contribution in [2.45, 2.75) is 26.3 Å². The second-order valence-corrected chi connectivity index (χ2v) is 4.91. The van der Waals surface area contributed by atoms with Crippen molar-refractivity contribution in [3.8, 4) is 5.75 Å². The monoisotopic (exact) mass is 253 g/mol. The van der Waals surface area contributed by atoms with Crippen LogP contribution < -0.4 is 4.74 Å². The maximum atomic E-state index is 5.35. The van der Waals surface area contributed by atoms with Crippen LogP contribution >= 0.6 is 0 Å². The first-order valence-corrected chi connectivity index (χ1v) is 6.90. The van der Waals surface area contributed by atoms with Crippen molar-refractivity contribution in [1.82, 2.24) is 4.57 Å². The lowest BCUT2D eigenvalue weighted by molar-refractivity contribution is 0.415. The van der Waals surface area contributed by atoms with Gasteiger partial charge < -0.3 is 9.30 Å². The van der Waals surface area contributed by atoms with Gasteiger partial charge in [0.25, 0.3) is 0 Å². The van der Waals surface area contributed by atoms with Gasteiger partial charge in [-0.1, -0.05) is 31.5 Å². The summed E-state index contributed by atoms with van der Waals surface area (Å²) in [6.45, 7) is 3.31. The van der Waals surface area contributed by atoms with Gasteiger partial charge in [-0.25, -0.2) is 0 Å². The Balaban J connectivity index is 2.30. The molecule has 2 nitrogen and oxygen atoms in total. The Hall–Kier alpha value is -1.96. The third-order valence-electron chi connectivity index (χ3n) is 3.71. The van der Waals surface area contributed by atoms with Crippen LogP contribution in [0.25, 0.3) is 21.8 Å².